The molecule has 0 unspecified atom stereocenters. The molecule has 0 spiro atoms. The highest BCUT2D eigenvalue weighted by atomic mass is 19.4. The van der Waals surface area contributed by atoms with Crippen molar-refractivity contribution < 1.29 is 27.5 Å². The Morgan fingerprint density at radius 2 is 1.93 bits per heavy atom. The first-order valence-corrected chi connectivity index (χ1v) is 8.58. The Labute approximate surface area is 164 Å². The number of hydrogen-bond acceptors (Lipinski definition) is 3. The van der Waals surface area contributed by atoms with Gasteiger partial charge in [-0.3, -0.25) is 4.90 Å². The number of nitrogens with one attached hydrogen (secondary N) is 2. The Morgan fingerprint density at radius 1 is 1.17 bits per heavy atom. The summed E-state index contributed by atoms with van der Waals surface area (Å²) in [6.07, 6.45) is -4.87. The fourth-order valence-electron chi connectivity index (χ4n) is 2.57. The average molecular weight is 403 g/mol. The van der Waals surface area contributed by atoms with E-state index >= 15 is 0 Å². The summed E-state index contributed by atoms with van der Waals surface area (Å²) in [6.45, 7) is 0.856. The van der Waals surface area contributed by atoms with E-state index in [1.807, 2.05) is 0 Å². The summed E-state index contributed by atoms with van der Waals surface area (Å²) in [5, 5.41) is 4.78. The molecule has 0 aromatic heterocycles. The number of carbonyl (C=O) groups is 2. The van der Waals surface area contributed by atoms with Gasteiger partial charge in [-0.2, -0.15) is 13.2 Å². The van der Waals surface area contributed by atoms with Crippen LogP contribution in [0.4, 0.5) is 34.1 Å². The lowest BCUT2D eigenvalue weighted by atomic mass is 10.2. The van der Waals surface area contributed by atoms with Crippen LogP contribution in [0.15, 0.2) is 48.5 Å². The molecular formula is C20H16F3N3O3. The van der Waals surface area contributed by atoms with Crippen LogP contribution in [0.1, 0.15) is 11.1 Å². The van der Waals surface area contributed by atoms with Crippen molar-refractivity contribution in [2.45, 2.75) is 6.18 Å². The molecule has 2 aromatic carbocycles. The van der Waals surface area contributed by atoms with E-state index in [1.165, 1.54) is 17.0 Å². The minimum atomic E-state index is -4.48. The summed E-state index contributed by atoms with van der Waals surface area (Å²) in [5.74, 6) is 5.59. The average Bonchev–Trinajstić information content (AvgIpc) is 3.11. The number of halogens is 3. The number of amides is 3. The van der Waals surface area contributed by atoms with Crippen molar-refractivity contribution in [1.82, 2.24) is 5.32 Å². The summed E-state index contributed by atoms with van der Waals surface area (Å²) in [7, 11) is 0. The number of hydrogen-bond donors (Lipinski definition) is 2. The van der Waals surface area contributed by atoms with Crippen LogP contribution < -0.4 is 15.5 Å². The van der Waals surface area contributed by atoms with Crippen molar-refractivity contribution in [1.29, 1.82) is 0 Å². The Balaban J connectivity index is 1.50. The van der Waals surface area contributed by atoms with Crippen molar-refractivity contribution in [2.75, 3.05) is 29.9 Å². The van der Waals surface area contributed by atoms with Crippen LogP contribution in [0, 0.1) is 11.8 Å². The van der Waals surface area contributed by atoms with Crippen LogP contribution >= 0.6 is 0 Å². The summed E-state index contributed by atoms with van der Waals surface area (Å²) < 4.78 is 42.9. The summed E-state index contributed by atoms with van der Waals surface area (Å²) in [6, 6.07) is 10.6. The van der Waals surface area contributed by atoms with Crippen LogP contribution in [0.2, 0.25) is 0 Å². The second-order valence-electron chi connectivity index (χ2n) is 6.00. The van der Waals surface area contributed by atoms with E-state index in [0.717, 1.165) is 12.1 Å². The topological polar surface area (TPSA) is 70.7 Å². The van der Waals surface area contributed by atoms with Crippen LogP contribution in [0.5, 0.6) is 0 Å². The molecule has 2 aromatic rings. The number of anilines is 2. The molecule has 3 rings (SSSR count). The maximum absolute atomic E-state index is 12.7. The third-order valence-corrected chi connectivity index (χ3v) is 3.96. The van der Waals surface area contributed by atoms with Gasteiger partial charge in [0.25, 0.3) is 0 Å². The molecule has 0 radical (unpaired) electrons. The number of carbonyl (C=O) groups excluding carboxylic acids is 2. The Morgan fingerprint density at radius 3 is 2.59 bits per heavy atom. The van der Waals surface area contributed by atoms with Gasteiger partial charge in [-0.15, -0.1) is 0 Å². The lowest BCUT2D eigenvalue weighted by molar-refractivity contribution is -0.137. The Hall–Kier alpha value is -3.67. The molecular weight excluding hydrogens is 387 g/mol. The molecule has 1 aliphatic heterocycles. The summed E-state index contributed by atoms with van der Waals surface area (Å²) in [5.41, 5.74) is 0.570. The molecule has 6 nitrogen and oxygen atoms in total. The van der Waals surface area contributed by atoms with Gasteiger partial charge >= 0.3 is 18.3 Å². The third-order valence-electron chi connectivity index (χ3n) is 3.96. The van der Waals surface area contributed by atoms with Gasteiger partial charge in [-0.05, 0) is 42.5 Å². The number of alkyl halides is 3. The smallest absolute Gasteiger partial charge is 0.416 e. The predicted octanol–water partition coefficient (Wildman–Crippen LogP) is 3.84. The van der Waals surface area contributed by atoms with Crippen LogP contribution in [-0.4, -0.2) is 31.8 Å². The Kier molecular flexibility index (Phi) is 5.93. The van der Waals surface area contributed by atoms with E-state index < -0.39 is 17.8 Å². The van der Waals surface area contributed by atoms with Crippen molar-refractivity contribution in [3.8, 4) is 11.8 Å². The quantitative estimate of drug-likeness (QED) is 0.766. The van der Waals surface area contributed by atoms with Gasteiger partial charge in [-0.1, -0.05) is 17.9 Å². The fraction of sp³-hybridized carbons (Fsp3) is 0.200. The second-order valence-corrected chi connectivity index (χ2v) is 6.00. The molecule has 0 atom stereocenters. The fourth-order valence-corrected chi connectivity index (χ4v) is 2.57. The van der Waals surface area contributed by atoms with E-state index in [1.54, 1.807) is 24.3 Å². The van der Waals surface area contributed by atoms with Gasteiger partial charge in [0.1, 0.15) is 6.61 Å². The number of ether oxygens (including phenoxy) is 1. The van der Waals surface area contributed by atoms with E-state index in [2.05, 4.69) is 22.5 Å². The second kappa shape index (κ2) is 8.56. The largest absolute Gasteiger partial charge is 0.447 e. The highest BCUT2D eigenvalue weighted by molar-refractivity contribution is 5.90. The first-order chi connectivity index (χ1) is 13.8. The van der Waals surface area contributed by atoms with Crippen molar-refractivity contribution >= 4 is 23.5 Å². The molecule has 0 aliphatic carbocycles. The predicted molar refractivity (Wildman–Crippen MR) is 100 cm³/mol. The maximum atomic E-state index is 12.7. The normalized spacial score (nSPS) is 13.3. The third kappa shape index (κ3) is 5.42. The molecule has 9 heteroatoms. The van der Waals surface area contributed by atoms with Crippen LogP contribution in [0.3, 0.4) is 0 Å². The summed E-state index contributed by atoms with van der Waals surface area (Å²) in [4.78, 5) is 24.8. The number of benzene rings is 2. The minimum Gasteiger partial charge on any atom is -0.447 e. The van der Waals surface area contributed by atoms with Gasteiger partial charge in [0.05, 0.1) is 18.7 Å². The first-order valence-electron chi connectivity index (χ1n) is 8.58. The van der Waals surface area contributed by atoms with Crippen molar-refractivity contribution in [3.63, 3.8) is 0 Å². The molecule has 1 heterocycles. The lowest BCUT2D eigenvalue weighted by Gasteiger charge is -2.12. The van der Waals surface area contributed by atoms with Crippen LogP contribution in [-0.2, 0) is 10.9 Å². The Bertz CT molecular complexity index is 963. The number of urea groups is 1. The lowest BCUT2D eigenvalue weighted by Crippen LogP contribution is -2.29. The SMILES string of the molecule is O=C(NCC#Cc1ccc(N2CCOC2=O)cc1)Nc1cccc(C(F)(F)F)c1. The van der Waals surface area contributed by atoms with E-state index in [9.17, 15) is 22.8 Å². The zero-order valence-corrected chi connectivity index (χ0v) is 15.0. The molecule has 150 valence electrons. The molecule has 29 heavy (non-hydrogen) atoms. The molecule has 2 N–H and O–H groups in total. The van der Waals surface area contributed by atoms with Gasteiger partial charge in [0.15, 0.2) is 0 Å². The van der Waals surface area contributed by atoms with E-state index in [-0.39, 0.29) is 18.3 Å². The molecule has 1 saturated heterocycles. The van der Waals surface area contributed by atoms with Gasteiger partial charge < -0.3 is 15.4 Å². The van der Waals surface area contributed by atoms with Gasteiger partial charge in [0.2, 0.25) is 0 Å². The maximum Gasteiger partial charge on any atom is 0.416 e. The zero-order valence-electron chi connectivity index (χ0n) is 15.0. The highest BCUT2D eigenvalue weighted by Gasteiger charge is 2.30. The molecule has 0 bridgehead atoms. The molecule has 3 amide bonds. The number of rotatable bonds is 3. The molecule has 1 fully saturated rings. The first kappa shape index (κ1) is 20.1. The molecule has 0 saturated carbocycles. The minimum absolute atomic E-state index is 0.00496. The van der Waals surface area contributed by atoms with Gasteiger partial charge in [0, 0.05) is 16.9 Å². The standard InChI is InChI=1S/C20H16F3N3O3/c21-20(22,23)15-4-1-5-16(13-15)25-18(27)24-10-2-3-14-6-8-17(9-7-14)26-11-12-29-19(26)28/h1,4-9,13H,10-12H2,(H2,24,25,27). The van der Waals surface area contributed by atoms with E-state index in [0.29, 0.717) is 24.4 Å². The summed E-state index contributed by atoms with van der Waals surface area (Å²) >= 11 is 0. The van der Waals surface area contributed by atoms with Crippen LogP contribution in [0.25, 0.3) is 0 Å². The highest BCUT2D eigenvalue weighted by Crippen LogP contribution is 2.30. The van der Waals surface area contributed by atoms with Crippen molar-refractivity contribution in [2.24, 2.45) is 0 Å². The van der Waals surface area contributed by atoms with Gasteiger partial charge in [-0.25, -0.2) is 9.59 Å². The van der Waals surface area contributed by atoms with E-state index in [4.69, 9.17) is 4.74 Å². The van der Waals surface area contributed by atoms with Crippen molar-refractivity contribution in [3.05, 3.63) is 59.7 Å². The molecule has 1 aliphatic rings. The number of nitrogens with zero attached hydrogens (tertiary/aromatic N) is 1. The zero-order chi connectivity index (χ0) is 20.9. The number of cyclic esters (lactones) is 1. The monoisotopic (exact) mass is 403 g/mol.